The van der Waals surface area contributed by atoms with Crippen LogP contribution in [0.4, 0.5) is 0 Å². The van der Waals surface area contributed by atoms with E-state index in [-0.39, 0.29) is 0 Å². The van der Waals surface area contributed by atoms with Crippen LogP contribution >= 0.6 is 0 Å². The molecular weight excluding hydrogens is 220 g/mol. The third kappa shape index (κ3) is 3.28. The lowest BCUT2D eigenvalue weighted by molar-refractivity contribution is -0.202. The molecule has 0 radical (unpaired) electrons. The highest BCUT2D eigenvalue weighted by molar-refractivity contribution is 5.74. The zero-order valence-corrected chi connectivity index (χ0v) is 9.54. The molecule has 1 fully saturated rings. The van der Waals surface area contributed by atoms with E-state index < -0.39 is 18.4 Å². The van der Waals surface area contributed by atoms with Crippen LogP contribution in [0.5, 0.6) is 0 Å². The Morgan fingerprint density at radius 3 is 2.71 bits per heavy atom. The second-order valence-corrected chi connectivity index (χ2v) is 4.06. The lowest BCUT2D eigenvalue weighted by Crippen LogP contribution is -2.27. The minimum absolute atomic E-state index is 0.398. The lowest BCUT2D eigenvalue weighted by atomic mass is 10.1. The Bertz CT molecular complexity index is 357. The maximum absolute atomic E-state index is 11.2. The van der Waals surface area contributed by atoms with Crippen LogP contribution in [0.3, 0.4) is 0 Å². The fourth-order valence-electron chi connectivity index (χ4n) is 1.88. The first kappa shape index (κ1) is 12.1. The highest BCUT2D eigenvalue weighted by Crippen LogP contribution is 2.23. The molecule has 4 nitrogen and oxygen atoms in total. The maximum atomic E-state index is 11.2. The van der Waals surface area contributed by atoms with E-state index in [2.05, 4.69) is 0 Å². The van der Waals surface area contributed by atoms with Gasteiger partial charge in [-0.3, -0.25) is 0 Å². The quantitative estimate of drug-likeness (QED) is 0.871. The van der Waals surface area contributed by atoms with E-state index in [1.807, 2.05) is 6.07 Å². The van der Waals surface area contributed by atoms with Gasteiger partial charge in [-0.15, -0.1) is 0 Å². The summed E-state index contributed by atoms with van der Waals surface area (Å²) in [5.41, 5.74) is 0.647. The van der Waals surface area contributed by atoms with Crippen molar-refractivity contribution in [3.8, 4) is 0 Å². The molecule has 1 aromatic carbocycles. The van der Waals surface area contributed by atoms with Gasteiger partial charge in [-0.1, -0.05) is 30.3 Å². The minimum atomic E-state index is -0.981. The van der Waals surface area contributed by atoms with E-state index in [0.717, 1.165) is 19.3 Å². The fourth-order valence-corrected chi connectivity index (χ4v) is 1.88. The number of hydrogen-bond donors (Lipinski definition) is 1. The van der Waals surface area contributed by atoms with Crippen LogP contribution in [0, 0.1) is 0 Å². The summed E-state index contributed by atoms with van der Waals surface area (Å²) in [4.78, 5) is 11.2. The zero-order chi connectivity index (χ0) is 12.1. The van der Waals surface area contributed by atoms with Crippen molar-refractivity contribution in [2.75, 3.05) is 6.61 Å². The highest BCUT2D eigenvalue weighted by Gasteiger charge is 2.26. The van der Waals surface area contributed by atoms with Crippen LogP contribution in [0.2, 0.25) is 0 Å². The second-order valence-electron chi connectivity index (χ2n) is 4.06. The van der Waals surface area contributed by atoms with Gasteiger partial charge in [-0.25, -0.2) is 4.79 Å². The van der Waals surface area contributed by atoms with E-state index in [4.69, 9.17) is 9.47 Å². The lowest BCUT2D eigenvalue weighted by Gasteiger charge is -2.26. The van der Waals surface area contributed by atoms with Crippen LogP contribution in [0.15, 0.2) is 30.3 Å². The summed E-state index contributed by atoms with van der Waals surface area (Å²) in [6.07, 6.45) is 1.45. The van der Waals surface area contributed by atoms with E-state index in [1.54, 1.807) is 24.3 Å². The summed E-state index contributed by atoms with van der Waals surface area (Å²) < 4.78 is 10.9. The fraction of sp³-hybridized carbons (Fsp3) is 0.462. The Morgan fingerprint density at radius 2 is 2.12 bits per heavy atom. The number of hydrogen-bond acceptors (Lipinski definition) is 3. The van der Waals surface area contributed by atoms with Gasteiger partial charge >= 0.3 is 5.97 Å². The van der Waals surface area contributed by atoms with Crippen molar-refractivity contribution >= 4 is 5.97 Å². The summed E-state index contributed by atoms with van der Waals surface area (Å²) in [6.45, 7) is 0.645. The highest BCUT2D eigenvalue weighted by atomic mass is 16.7. The Hall–Kier alpha value is -1.39. The Morgan fingerprint density at radius 1 is 1.35 bits per heavy atom. The van der Waals surface area contributed by atoms with Crippen molar-refractivity contribution < 1.29 is 19.4 Å². The molecule has 1 N–H and O–H groups in total. The van der Waals surface area contributed by atoms with Crippen molar-refractivity contribution in [1.82, 2.24) is 0 Å². The molecular formula is C13H16O4. The average Bonchev–Trinajstić information content (AvgIpc) is 2.38. The molecule has 0 saturated carbocycles. The monoisotopic (exact) mass is 236 g/mol. The van der Waals surface area contributed by atoms with Crippen LogP contribution in [0.1, 0.15) is 30.9 Å². The van der Waals surface area contributed by atoms with Crippen molar-refractivity contribution in [1.29, 1.82) is 0 Å². The summed E-state index contributed by atoms with van der Waals surface area (Å²) in [6, 6.07) is 8.95. The topological polar surface area (TPSA) is 55.8 Å². The molecule has 1 heterocycles. The average molecular weight is 236 g/mol. The third-order valence-corrected chi connectivity index (χ3v) is 2.75. The molecule has 4 heteroatoms. The molecule has 17 heavy (non-hydrogen) atoms. The van der Waals surface area contributed by atoms with Gasteiger partial charge in [-0.2, -0.15) is 0 Å². The van der Waals surface area contributed by atoms with Crippen LogP contribution < -0.4 is 0 Å². The Kier molecular flexibility index (Phi) is 4.12. The molecule has 1 aliphatic heterocycles. The number of carbonyl (C=O) groups is 1. The number of benzene rings is 1. The number of carboxylic acid groups (broad SMARTS) is 1. The van der Waals surface area contributed by atoms with Gasteiger partial charge in [0.2, 0.25) is 0 Å². The smallest absolute Gasteiger partial charge is 0.337 e. The molecule has 1 saturated heterocycles. The molecule has 0 aromatic heterocycles. The first-order valence-electron chi connectivity index (χ1n) is 5.82. The first-order valence-corrected chi connectivity index (χ1v) is 5.82. The van der Waals surface area contributed by atoms with E-state index >= 15 is 0 Å². The van der Waals surface area contributed by atoms with E-state index in [0.29, 0.717) is 12.2 Å². The van der Waals surface area contributed by atoms with Crippen molar-refractivity contribution in [2.24, 2.45) is 0 Å². The standard InChI is InChI=1S/C13H16O4/c14-13(15)12(10-6-2-1-3-7-10)17-11-8-4-5-9-16-11/h1-3,6-7,11-12H,4-5,8-9H2,(H,14,15)/t11-,12+/m0/s1. The maximum Gasteiger partial charge on any atom is 0.337 e. The van der Waals surface area contributed by atoms with Crippen LogP contribution in [0.25, 0.3) is 0 Å². The van der Waals surface area contributed by atoms with Gasteiger partial charge in [0.1, 0.15) is 0 Å². The normalized spacial score (nSPS) is 22.0. The minimum Gasteiger partial charge on any atom is -0.479 e. The molecule has 2 rings (SSSR count). The number of rotatable bonds is 4. The third-order valence-electron chi connectivity index (χ3n) is 2.75. The molecule has 92 valence electrons. The molecule has 1 aliphatic rings. The van der Waals surface area contributed by atoms with Gasteiger partial charge < -0.3 is 14.6 Å². The molecule has 0 bridgehead atoms. The first-order chi connectivity index (χ1) is 8.27. The molecule has 0 aliphatic carbocycles. The number of aliphatic carboxylic acids is 1. The zero-order valence-electron chi connectivity index (χ0n) is 9.54. The van der Waals surface area contributed by atoms with Crippen LogP contribution in [-0.2, 0) is 14.3 Å². The van der Waals surface area contributed by atoms with Crippen molar-refractivity contribution in [3.05, 3.63) is 35.9 Å². The summed E-state index contributed by atoms with van der Waals surface area (Å²) in [5.74, 6) is -0.981. The molecule has 1 aromatic rings. The summed E-state index contributed by atoms with van der Waals surface area (Å²) >= 11 is 0. The van der Waals surface area contributed by atoms with Gasteiger partial charge in [0.15, 0.2) is 12.4 Å². The summed E-state index contributed by atoms with van der Waals surface area (Å²) in [7, 11) is 0. The van der Waals surface area contributed by atoms with E-state index in [1.165, 1.54) is 0 Å². The SMILES string of the molecule is O=C(O)[C@H](O[C@H]1CCCCO1)c1ccccc1. The van der Waals surface area contributed by atoms with Gasteiger partial charge in [0.05, 0.1) is 0 Å². The van der Waals surface area contributed by atoms with Gasteiger partial charge in [-0.05, 0) is 24.8 Å². The Balaban J connectivity index is 2.05. The van der Waals surface area contributed by atoms with Crippen molar-refractivity contribution in [2.45, 2.75) is 31.7 Å². The largest absolute Gasteiger partial charge is 0.479 e. The second kappa shape index (κ2) is 5.80. The number of carboxylic acids is 1. The van der Waals surface area contributed by atoms with Gasteiger partial charge in [0, 0.05) is 6.61 Å². The Labute approximate surface area is 100 Å². The van der Waals surface area contributed by atoms with Crippen molar-refractivity contribution in [3.63, 3.8) is 0 Å². The number of ether oxygens (including phenoxy) is 2. The van der Waals surface area contributed by atoms with Gasteiger partial charge in [0.25, 0.3) is 0 Å². The van der Waals surface area contributed by atoms with Crippen LogP contribution in [-0.4, -0.2) is 24.0 Å². The molecule has 0 spiro atoms. The van der Waals surface area contributed by atoms with E-state index in [9.17, 15) is 9.90 Å². The predicted molar refractivity (Wildman–Crippen MR) is 61.5 cm³/mol. The predicted octanol–water partition coefficient (Wildman–Crippen LogP) is 2.36. The molecule has 2 atom stereocenters. The summed E-state index contributed by atoms with van der Waals surface area (Å²) in [5, 5.41) is 9.18. The molecule has 0 unspecified atom stereocenters. The molecule has 0 amide bonds.